The maximum absolute atomic E-state index is 12.5. The van der Waals surface area contributed by atoms with Crippen LogP contribution >= 0.6 is 0 Å². The lowest BCUT2D eigenvalue weighted by Crippen LogP contribution is -2.62. The molecule has 0 aromatic carbocycles. The molecular weight excluding hydrogens is 432 g/mol. The number of aliphatic imine (C=N–C) groups is 1. The van der Waals surface area contributed by atoms with Gasteiger partial charge < -0.3 is 20.2 Å². The van der Waals surface area contributed by atoms with Gasteiger partial charge in [-0.25, -0.2) is 14.2 Å². The highest BCUT2D eigenvalue weighted by atomic mass is 16.4. The van der Waals surface area contributed by atoms with Gasteiger partial charge in [-0.05, 0) is 30.2 Å². The van der Waals surface area contributed by atoms with Gasteiger partial charge in [0.2, 0.25) is 0 Å². The average Bonchev–Trinajstić information content (AvgIpc) is 3.19. The van der Waals surface area contributed by atoms with Gasteiger partial charge in [0.25, 0.3) is 17.8 Å². The molecule has 3 rings (SSSR count). The first-order valence-electron chi connectivity index (χ1n) is 10.6. The van der Waals surface area contributed by atoms with Crippen molar-refractivity contribution >= 4 is 29.6 Å². The molecule has 1 fully saturated rings. The number of carboxylic acid groups (broad SMARTS) is 1. The van der Waals surface area contributed by atoms with Crippen LogP contribution in [0.25, 0.3) is 0 Å². The standard InChI is InChI=1S/C15H26N5O4.C6H5NO2/c1-5-19(6-2)7-10(22)8-20-11(9-21)16-13-12(20)14(23)18(4)15(24)17(13)3;8-6(9)5-2-1-3-7-4-5/h10,12,21-22H,5-9H2,1-4H3;1-4H,(H,8,9)/q+1;. The monoisotopic (exact) mass is 463 g/mol. The van der Waals surface area contributed by atoms with E-state index in [9.17, 15) is 24.6 Å². The maximum Gasteiger partial charge on any atom is 0.337 e. The van der Waals surface area contributed by atoms with Gasteiger partial charge in [0.05, 0.1) is 5.56 Å². The van der Waals surface area contributed by atoms with Crippen LogP contribution in [0.4, 0.5) is 4.79 Å². The summed E-state index contributed by atoms with van der Waals surface area (Å²) >= 11 is 0. The Morgan fingerprint density at radius 2 is 1.91 bits per heavy atom. The number of nitrogens with zero attached hydrogens (tertiary/aromatic N) is 6. The minimum Gasteiger partial charge on any atom is -0.478 e. The second kappa shape index (κ2) is 11.6. The van der Waals surface area contributed by atoms with Gasteiger partial charge in [-0.1, -0.05) is 13.8 Å². The predicted octanol–water partition coefficient (Wildman–Crippen LogP) is -0.823. The van der Waals surface area contributed by atoms with Gasteiger partial charge in [0, 0.05) is 33.0 Å². The first kappa shape index (κ1) is 26.0. The van der Waals surface area contributed by atoms with Crippen molar-refractivity contribution in [3.05, 3.63) is 30.1 Å². The molecule has 2 unspecified atom stereocenters. The lowest BCUT2D eigenvalue weighted by molar-refractivity contribution is -0.545. The summed E-state index contributed by atoms with van der Waals surface area (Å²) in [4.78, 5) is 47.0. The molecule has 3 amide bonds. The Morgan fingerprint density at radius 1 is 1.24 bits per heavy atom. The number of β-amino-alcohol motifs (C(OH)–C–C–N with tert-alkyl or cyclic N) is 1. The Hall–Kier alpha value is -3.22. The largest absolute Gasteiger partial charge is 0.478 e. The van der Waals surface area contributed by atoms with Crippen molar-refractivity contribution in [2.24, 2.45) is 4.99 Å². The van der Waals surface area contributed by atoms with Gasteiger partial charge in [-0.3, -0.25) is 19.6 Å². The molecule has 33 heavy (non-hydrogen) atoms. The smallest absolute Gasteiger partial charge is 0.337 e. The van der Waals surface area contributed by atoms with Crippen LogP contribution in [0.5, 0.6) is 0 Å². The molecule has 2 aliphatic heterocycles. The zero-order chi connectivity index (χ0) is 24.7. The molecule has 180 valence electrons. The van der Waals surface area contributed by atoms with Crippen LogP contribution in [-0.4, -0.2) is 128 Å². The predicted molar refractivity (Wildman–Crippen MR) is 119 cm³/mol. The Bertz CT molecular complexity index is 930. The van der Waals surface area contributed by atoms with Gasteiger partial charge in [-0.15, -0.1) is 0 Å². The molecule has 1 aromatic rings. The van der Waals surface area contributed by atoms with E-state index >= 15 is 0 Å². The number of likely N-dealkylation sites (N-methyl/N-ethyl adjacent to an activating group) is 3. The highest BCUT2D eigenvalue weighted by molar-refractivity contribution is 6.22. The zero-order valence-corrected chi connectivity index (χ0v) is 19.2. The minimum atomic E-state index is -0.942. The molecule has 0 saturated carbocycles. The molecule has 2 atom stereocenters. The number of carbonyl (C=O) groups is 3. The summed E-state index contributed by atoms with van der Waals surface area (Å²) < 4.78 is 1.59. The Kier molecular flexibility index (Phi) is 9.14. The number of imide groups is 1. The Balaban J connectivity index is 0.000000357. The number of amides is 3. The molecule has 12 heteroatoms. The molecular formula is C21H31N6O6+. The van der Waals surface area contributed by atoms with E-state index in [1.54, 1.807) is 17.7 Å². The summed E-state index contributed by atoms with van der Waals surface area (Å²) in [6.45, 7) is 5.91. The first-order valence-corrected chi connectivity index (χ1v) is 10.6. The fourth-order valence-electron chi connectivity index (χ4n) is 3.54. The second-order valence-electron chi connectivity index (χ2n) is 7.52. The number of aromatic nitrogens is 1. The number of carbonyl (C=O) groups excluding carboxylic acids is 2. The third-order valence-corrected chi connectivity index (χ3v) is 5.43. The van der Waals surface area contributed by atoms with Crippen molar-refractivity contribution in [1.82, 2.24) is 19.7 Å². The first-order chi connectivity index (χ1) is 15.7. The summed E-state index contributed by atoms with van der Waals surface area (Å²) in [5.74, 6) is -0.766. The molecule has 0 aliphatic carbocycles. The van der Waals surface area contributed by atoms with E-state index in [4.69, 9.17) is 5.11 Å². The van der Waals surface area contributed by atoms with E-state index in [1.807, 2.05) is 13.8 Å². The van der Waals surface area contributed by atoms with Crippen LogP contribution in [-0.2, 0) is 4.79 Å². The van der Waals surface area contributed by atoms with E-state index < -0.39 is 30.1 Å². The average molecular weight is 464 g/mol. The van der Waals surface area contributed by atoms with Crippen molar-refractivity contribution in [2.45, 2.75) is 26.0 Å². The molecule has 0 bridgehead atoms. The summed E-state index contributed by atoms with van der Waals surface area (Å²) in [7, 11) is 2.96. The third kappa shape index (κ3) is 5.97. The number of fused-ring (bicyclic) bond motifs is 1. The summed E-state index contributed by atoms with van der Waals surface area (Å²) in [6.07, 6.45) is 2.14. The molecule has 0 spiro atoms. The van der Waals surface area contributed by atoms with Gasteiger partial charge in [0.15, 0.2) is 0 Å². The molecule has 3 N–H and O–H groups in total. The van der Waals surface area contributed by atoms with E-state index in [0.717, 1.165) is 18.0 Å². The Morgan fingerprint density at radius 3 is 2.39 bits per heavy atom. The number of carboxylic acids is 1. The quantitative estimate of drug-likeness (QED) is 0.423. The molecule has 1 saturated heterocycles. The highest BCUT2D eigenvalue weighted by Crippen LogP contribution is 2.19. The van der Waals surface area contributed by atoms with Crippen molar-refractivity contribution in [3.8, 4) is 0 Å². The second-order valence-corrected chi connectivity index (χ2v) is 7.52. The van der Waals surface area contributed by atoms with Crippen molar-refractivity contribution < 1.29 is 34.3 Å². The summed E-state index contributed by atoms with van der Waals surface area (Å²) in [5.41, 5.74) is 0.220. The van der Waals surface area contributed by atoms with Crippen LogP contribution < -0.4 is 0 Å². The molecule has 3 heterocycles. The topological polar surface area (TPSA) is 150 Å². The van der Waals surface area contributed by atoms with Gasteiger partial charge >= 0.3 is 17.8 Å². The number of urea groups is 1. The van der Waals surface area contributed by atoms with Crippen LogP contribution in [0.15, 0.2) is 29.5 Å². The van der Waals surface area contributed by atoms with Crippen LogP contribution in [0, 0.1) is 0 Å². The number of hydrogen-bond acceptors (Lipinski definition) is 8. The molecule has 0 radical (unpaired) electrons. The summed E-state index contributed by atoms with van der Waals surface area (Å²) in [5, 5.41) is 28.3. The van der Waals surface area contributed by atoms with Crippen LogP contribution in [0.1, 0.15) is 24.2 Å². The number of hydrogen-bond donors (Lipinski definition) is 3. The molecule has 1 aromatic heterocycles. The van der Waals surface area contributed by atoms with Crippen LogP contribution in [0.2, 0.25) is 0 Å². The SMILES string of the molecule is CCN(CC)CC(O)C[N+]1=C(CO)N=C2C1C(=O)N(C)C(=O)N2C.O=C(O)c1cccnc1. The van der Waals surface area contributed by atoms with Gasteiger partial charge in [0.1, 0.15) is 19.3 Å². The fraction of sp³-hybridized carbons (Fsp3) is 0.524. The number of pyridine rings is 1. The minimum absolute atomic E-state index is 0.158. The fourth-order valence-corrected chi connectivity index (χ4v) is 3.54. The van der Waals surface area contributed by atoms with Crippen molar-refractivity contribution in [1.29, 1.82) is 0 Å². The number of aliphatic hydroxyl groups is 2. The van der Waals surface area contributed by atoms with E-state index in [1.165, 1.54) is 30.4 Å². The number of aromatic carboxylic acids is 1. The summed E-state index contributed by atoms with van der Waals surface area (Å²) in [6, 6.07) is 1.84. The van der Waals surface area contributed by atoms with Crippen molar-refractivity contribution in [2.75, 3.05) is 46.9 Å². The number of aliphatic hydroxyl groups excluding tert-OH is 2. The van der Waals surface area contributed by atoms with E-state index in [-0.39, 0.29) is 24.6 Å². The third-order valence-electron chi connectivity index (χ3n) is 5.43. The maximum atomic E-state index is 12.5. The molecule has 12 nitrogen and oxygen atoms in total. The highest BCUT2D eigenvalue weighted by Gasteiger charge is 2.53. The lowest BCUT2D eigenvalue weighted by atomic mass is 10.1. The van der Waals surface area contributed by atoms with Gasteiger partial charge in [-0.2, -0.15) is 0 Å². The zero-order valence-electron chi connectivity index (χ0n) is 19.2. The Labute approximate surface area is 192 Å². The number of amidine groups is 2. The van der Waals surface area contributed by atoms with Crippen molar-refractivity contribution in [3.63, 3.8) is 0 Å². The van der Waals surface area contributed by atoms with E-state index in [2.05, 4.69) is 14.9 Å². The normalized spacial score (nSPS) is 18.8. The lowest BCUT2D eigenvalue weighted by Gasteiger charge is -2.31. The molecule has 2 aliphatic rings. The number of rotatable bonds is 8. The van der Waals surface area contributed by atoms with E-state index in [0.29, 0.717) is 12.4 Å². The van der Waals surface area contributed by atoms with Crippen LogP contribution in [0.3, 0.4) is 0 Å².